The third-order valence-electron chi connectivity index (χ3n) is 3.72. The Morgan fingerprint density at radius 2 is 2.20 bits per heavy atom. The van der Waals surface area contributed by atoms with Crippen LogP contribution < -0.4 is 16.8 Å². The molecular formula is C15H23N3O2. The van der Waals surface area contributed by atoms with E-state index in [4.69, 9.17) is 10.2 Å². The number of nitrogen functional groups attached to an aromatic ring is 1. The highest BCUT2D eigenvalue weighted by molar-refractivity contribution is 5.85. The number of hydrogen-bond acceptors (Lipinski definition) is 4. The summed E-state index contributed by atoms with van der Waals surface area (Å²) in [7, 11) is 0. The van der Waals surface area contributed by atoms with Gasteiger partial charge < -0.3 is 15.5 Å². The van der Waals surface area contributed by atoms with Gasteiger partial charge in [-0.05, 0) is 18.4 Å². The minimum absolute atomic E-state index is 0.453. The molecule has 2 aromatic rings. The quantitative estimate of drug-likeness (QED) is 0.678. The van der Waals surface area contributed by atoms with Crippen molar-refractivity contribution in [1.82, 2.24) is 4.98 Å². The number of oxazole rings is 1. The Morgan fingerprint density at radius 3 is 2.90 bits per heavy atom. The number of H-pyrrole nitrogens is 1. The van der Waals surface area contributed by atoms with Gasteiger partial charge in [0.2, 0.25) is 0 Å². The second-order valence-corrected chi connectivity index (χ2v) is 5.25. The first kappa shape index (κ1) is 14.5. The average molecular weight is 277 g/mol. The van der Waals surface area contributed by atoms with Gasteiger partial charge in [0.1, 0.15) is 0 Å². The molecular weight excluding hydrogens is 254 g/mol. The Morgan fingerprint density at radius 1 is 1.40 bits per heavy atom. The van der Waals surface area contributed by atoms with E-state index in [-0.39, 0.29) is 0 Å². The molecule has 4 N–H and O–H groups in total. The summed E-state index contributed by atoms with van der Waals surface area (Å²) in [5.41, 5.74) is 8.61. The monoisotopic (exact) mass is 277 g/mol. The van der Waals surface area contributed by atoms with Crippen molar-refractivity contribution in [3.63, 3.8) is 0 Å². The van der Waals surface area contributed by atoms with E-state index in [0.717, 1.165) is 18.7 Å². The lowest BCUT2D eigenvalue weighted by atomic mass is 9.99. The van der Waals surface area contributed by atoms with Gasteiger partial charge in [0.25, 0.3) is 0 Å². The number of rotatable bonds is 7. The molecule has 1 heterocycles. The fourth-order valence-corrected chi connectivity index (χ4v) is 2.36. The van der Waals surface area contributed by atoms with Crippen molar-refractivity contribution in [2.24, 2.45) is 5.92 Å². The van der Waals surface area contributed by atoms with Crippen molar-refractivity contribution in [3.8, 4) is 0 Å². The SMILES string of the molecule is CCCCC(CC)CNc1cc2[nH]c(=O)oc2cc1N. The molecule has 0 aliphatic rings. The van der Waals surface area contributed by atoms with E-state index in [1.807, 2.05) is 6.07 Å². The number of anilines is 2. The molecule has 0 fully saturated rings. The zero-order valence-corrected chi connectivity index (χ0v) is 12.2. The van der Waals surface area contributed by atoms with Gasteiger partial charge in [-0.1, -0.05) is 33.1 Å². The number of aromatic nitrogens is 1. The standard InChI is InChI=1S/C15H23N3O2/c1-3-5-6-10(4-2)9-17-12-8-13-14(7-11(12)16)20-15(19)18-13/h7-8,10,17H,3-6,9,16H2,1-2H3,(H,18,19). The predicted octanol–water partition coefficient (Wildman–Crippen LogP) is 3.33. The summed E-state index contributed by atoms with van der Waals surface area (Å²) in [6.07, 6.45) is 4.85. The molecule has 0 saturated carbocycles. The highest BCUT2D eigenvalue weighted by Crippen LogP contribution is 2.25. The summed E-state index contributed by atoms with van der Waals surface area (Å²) in [6.45, 7) is 5.32. The first-order chi connectivity index (χ1) is 9.63. The van der Waals surface area contributed by atoms with Crippen molar-refractivity contribution >= 4 is 22.5 Å². The number of aromatic amines is 1. The summed E-state index contributed by atoms with van der Waals surface area (Å²) in [6, 6.07) is 3.52. The van der Waals surface area contributed by atoms with Gasteiger partial charge in [-0.25, -0.2) is 4.79 Å². The zero-order valence-electron chi connectivity index (χ0n) is 12.2. The smallest absolute Gasteiger partial charge is 0.408 e. The fraction of sp³-hybridized carbons (Fsp3) is 0.533. The maximum Gasteiger partial charge on any atom is 0.417 e. The summed E-state index contributed by atoms with van der Waals surface area (Å²) in [4.78, 5) is 13.8. The number of nitrogens with two attached hydrogens (primary N) is 1. The minimum Gasteiger partial charge on any atom is -0.408 e. The number of fused-ring (bicyclic) bond motifs is 1. The molecule has 0 amide bonds. The van der Waals surface area contributed by atoms with Crippen LogP contribution in [0.3, 0.4) is 0 Å². The predicted molar refractivity (Wildman–Crippen MR) is 83.0 cm³/mol. The first-order valence-corrected chi connectivity index (χ1v) is 7.30. The van der Waals surface area contributed by atoms with E-state index in [1.54, 1.807) is 6.07 Å². The molecule has 2 rings (SSSR count). The lowest BCUT2D eigenvalue weighted by Gasteiger charge is -2.17. The number of hydrogen-bond donors (Lipinski definition) is 3. The maximum atomic E-state index is 11.2. The third-order valence-corrected chi connectivity index (χ3v) is 3.72. The lowest BCUT2D eigenvalue weighted by Crippen LogP contribution is -2.14. The van der Waals surface area contributed by atoms with Crippen molar-refractivity contribution in [2.75, 3.05) is 17.6 Å². The van der Waals surface area contributed by atoms with Crippen LogP contribution in [0.1, 0.15) is 39.5 Å². The van der Waals surface area contributed by atoms with E-state index < -0.39 is 5.76 Å². The molecule has 20 heavy (non-hydrogen) atoms. The highest BCUT2D eigenvalue weighted by atomic mass is 16.4. The normalized spacial score (nSPS) is 12.7. The maximum absolute atomic E-state index is 11.2. The molecule has 1 atom stereocenters. The summed E-state index contributed by atoms with van der Waals surface area (Å²) >= 11 is 0. The molecule has 5 nitrogen and oxygen atoms in total. The lowest BCUT2D eigenvalue weighted by molar-refractivity contribution is 0.473. The van der Waals surface area contributed by atoms with Gasteiger partial charge in [-0.15, -0.1) is 0 Å². The summed E-state index contributed by atoms with van der Waals surface area (Å²) in [5, 5.41) is 3.39. The van der Waals surface area contributed by atoms with Crippen LogP contribution in [0.15, 0.2) is 21.3 Å². The molecule has 0 saturated heterocycles. The average Bonchev–Trinajstić information content (AvgIpc) is 2.78. The molecule has 1 aromatic carbocycles. The summed E-state index contributed by atoms with van der Waals surface area (Å²) in [5.74, 6) is 0.194. The van der Waals surface area contributed by atoms with Crippen LogP contribution in [0.5, 0.6) is 0 Å². The Hall–Kier alpha value is -1.91. The van der Waals surface area contributed by atoms with Crippen LogP contribution in [0, 0.1) is 5.92 Å². The first-order valence-electron chi connectivity index (χ1n) is 7.30. The van der Waals surface area contributed by atoms with E-state index in [9.17, 15) is 4.79 Å². The molecule has 0 radical (unpaired) electrons. The van der Waals surface area contributed by atoms with E-state index in [1.165, 1.54) is 19.3 Å². The molecule has 1 aromatic heterocycles. The van der Waals surface area contributed by atoms with Crippen LogP contribution >= 0.6 is 0 Å². The second-order valence-electron chi connectivity index (χ2n) is 5.25. The van der Waals surface area contributed by atoms with Crippen molar-refractivity contribution in [1.29, 1.82) is 0 Å². The second kappa shape index (κ2) is 6.50. The largest absolute Gasteiger partial charge is 0.417 e. The van der Waals surface area contributed by atoms with Crippen molar-refractivity contribution in [3.05, 3.63) is 22.7 Å². The summed E-state index contributed by atoms with van der Waals surface area (Å²) < 4.78 is 4.98. The number of unbranched alkanes of at least 4 members (excludes halogenated alkanes) is 1. The van der Waals surface area contributed by atoms with Gasteiger partial charge in [-0.3, -0.25) is 4.98 Å². The topological polar surface area (TPSA) is 84.0 Å². The molecule has 1 unspecified atom stereocenters. The van der Waals surface area contributed by atoms with Gasteiger partial charge >= 0.3 is 5.76 Å². The van der Waals surface area contributed by atoms with Crippen LogP contribution in [0.4, 0.5) is 11.4 Å². The van der Waals surface area contributed by atoms with Crippen LogP contribution in [-0.2, 0) is 0 Å². The molecule has 0 aliphatic heterocycles. The van der Waals surface area contributed by atoms with E-state index in [2.05, 4.69) is 24.1 Å². The van der Waals surface area contributed by atoms with Gasteiger partial charge in [0, 0.05) is 12.6 Å². The molecule has 0 aliphatic carbocycles. The van der Waals surface area contributed by atoms with Crippen LogP contribution in [0.2, 0.25) is 0 Å². The van der Waals surface area contributed by atoms with E-state index >= 15 is 0 Å². The number of benzene rings is 1. The van der Waals surface area contributed by atoms with E-state index in [0.29, 0.717) is 22.7 Å². The van der Waals surface area contributed by atoms with Gasteiger partial charge in [0.15, 0.2) is 5.58 Å². The highest BCUT2D eigenvalue weighted by Gasteiger charge is 2.09. The van der Waals surface area contributed by atoms with Crippen molar-refractivity contribution in [2.45, 2.75) is 39.5 Å². The Balaban J connectivity index is 2.08. The van der Waals surface area contributed by atoms with Gasteiger partial charge in [-0.2, -0.15) is 0 Å². The molecule has 0 spiro atoms. The van der Waals surface area contributed by atoms with Gasteiger partial charge in [0.05, 0.1) is 16.9 Å². The minimum atomic E-state index is -0.453. The Bertz CT molecular complexity index is 615. The number of nitrogens with one attached hydrogen (secondary N) is 2. The van der Waals surface area contributed by atoms with Crippen molar-refractivity contribution < 1.29 is 4.42 Å². The third kappa shape index (κ3) is 3.35. The molecule has 0 bridgehead atoms. The molecule has 110 valence electrons. The van der Waals surface area contributed by atoms with Crippen LogP contribution in [0.25, 0.3) is 11.1 Å². The Labute approximate surface area is 118 Å². The fourth-order valence-electron chi connectivity index (χ4n) is 2.36. The Kier molecular flexibility index (Phi) is 4.71. The van der Waals surface area contributed by atoms with Crippen LogP contribution in [-0.4, -0.2) is 11.5 Å². The molecule has 5 heteroatoms. The zero-order chi connectivity index (χ0) is 14.5.